The highest BCUT2D eigenvalue weighted by atomic mass is 16.5. The van der Waals surface area contributed by atoms with Crippen LogP contribution < -0.4 is 0 Å². The Kier molecular flexibility index (Phi) is 1.20. The summed E-state index contributed by atoms with van der Waals surface area (Å²) >= 11 is 0. The molecular weight excluding hydrogens is 132 g/mol. The monoisotopic (exact) mass is 142 g/mol. The molecule has 10 heavy (non-hydrogen) atoms. The number of carbonyl (C=O) groups is 1. The maximum Gasteiger partial charge on any atom is 0.333 e. The first-order valence-corrected chi connectivity index (χ1v) is 3.67. The second kappa shape index (κ2) is 1.95. The van der Waals surface area contributed by atoms with Gasteiger partial charge in [0.15, 0.2) is 6.10 Å². The highest BCUT2D eigenvalue weighted by Gasteiger charge is 2.48. The summed E-state index contributed by atoms with van der Waals surface area (Å²) in [5.74, 6) is -0.458. The molecule has 3 heteroatoms. The van der Waals surface area contributed by atoms with E-state index in [-0.39, 0.29) is 6.10 Å². The van der Waals surface area contributed by atoms with Crippen molar-refractivity contribution in [2.45, 2.75) is 31.5 Å². The van der Waals surface area contributed by atoms with Gasteiger partial charge in [0.2, 0.25) is 0 Å². The van der Waals surface area contributed by atoms with Crippen LogP contribution in [0.25, 0.3) is 0 Å². The van der Waals surface area contributed by atoms with Crippen molar-refractivity contribution in [1.82, 2.24) is 0 Å². The van der Waals surface area contributed by atoms with Crippen molar-refractivity contribution >= 4 is 5.97 Å². The standard InChI is InChI=1S/C7H10O3/c8-7(9)6-4-2-1-3-5(4)10-6/h4-6H,1-3H2,(H,8,9). The van der Waals surface area contributed by atoms with E-state index in [4.69, 9.17) is 9.84 Å². The fourth-order valence-corrected chi connectivity index (χ4v) is 1.91. The van der Waals surface area contributed by atoms with Crippen LogP contribution in [0.2, 0.25) is 0 Å². The van der Waals surface area contributed by atoms with Crippen LogP contribution in [-0.4, -0.2) is 23.3 Å². The minimum Gasteiger partial charge on any atom is -0.479 e. The van der Waals surface area contributed by atoms with Gasteiger partial charge in [0.05, 0.1) is 6.10 Å². The summed E-state index contributed by atoms with van der Waals surface area (Å²) in [6.07, 6.45) is 3.04. The van der Waals surface area contributed by atoms with Gasteiger partial charge >= 0.3 is 5.97 Å². The lowest BCUT2D eigenvalue weighted by atomic mass is 9.92. The number of rotatable bonds is 1. The van der Waals surface area contributed by atoms with Crippen molar-refractivity contribution in [2.24, 2.45) is 5.92 Å². The molecule has 0 aromatic carbocycles. The van der Waals surface area contributed by atoms with Gasteiger partial charge in [0.1, 0.15) is 0 Å². The molecule has 0 amide bonds. The number of carboxylic acids is 1. The SMILES string of the molecule is O=C(O)C1OC2CCCC21. The highest BCUT2D eigenvalue weighted by Crippen LogP contribution is 2.41. The van der Waals surface area contributed by atoms with Crippen molar-refractivity contribution in [3.05, 3.63) is 0 Å². The van der Waals surface area contributed by atoms with Crippen LogP contribution in [0.15, 0.2) is 0 Å². The summed E-state index contributed by atoms with van der Waals surface area (Å²) in [4.78, 5) is 10.4. The lowest BCUT2D eigenvalue weighted by Crippen LogP contribution is -2.49. The van der Waals surface area contributed by atoms with Crippen molar-refractivity contribution < 1.29 is 14.6 Å². The Morgan fingerprint density at radius 2 is 2.30 bits per heavy atom. The van der Waals surface area contributed by atoms with Gasteiger partial charge in [-0.25, -0.2) is 4.79 Å². The first kappa shape index (κ1) is 6.16. The maximum atomic E-state index is 10.4. The zero-order chi connectivity index (χ0) is 7.14. The zero-order valence-corrected chi connectivity index (χ0v) is 5.62. The largest absolute Gasteiger partial charge is 0.479 e. The van der Waals surface area contributed by atoms with E-state index in [0.29, 0.717) is 5.92 Å². The predicted octanol–water partition coefficient (Wildman–Crippen LogP) is 0.639. The van der Waals surface area contributed by atoms with Gasteiger partial charge in [-0.05, 0) is 12.8 Å². The van der Waals surface area contributed by atoms with Crippen LogP contribution in [0.4, 0.5) is 0 Å². The molecule has 1 saturated carbocycles. The summed E-state index contributed by atoms with van der Waals surface area (Å²) in [6, 6.07) is 0. The Hall–Kier alpha value is -0.570. The molecule has 1 aliphatic carbocycles. The minimum atomic E-state index is -0.789. The van der Waals surface area contributed by atoms with Crippen molar-refractivity contribution in [3.8, 4) is 0 Å². The second-order valence-electron chi connectivity index (χ2n) is 3.03. The molecule has 1 N–H and O–H groups in total. The second-order valence-corrected chi connectivity index (χ2v) is 3.03. The predicted molar refractivity (Wildman–Crippen MR) is 33.6 cm³/mol. The van der Waals surface area contributed by atoms with E-state index in [9.17, 15) is 4.79 Å². The summed E-state index contributed by atoms with van der Waals surface area (Å²) in [6.45, 7) is 0. The summed E-state index contributed by atoms with van der Waals surface area (Å²) in [5, 5.41) is 8.56. The smallest absolute Gasteiger partial charge is 0.333 e. The van der Waals surface area contributed by atoms with E-state index < -0.39 is 12.1 Å². The Labute approximate surface area is 59.0 Å². The molecule has 0 bridgehead atoms. The quantitative estimate of drug-likeness (QED) is 0.584. The van der Waals surface area contributed by atoms with Gasteiger partial charge in [-0.1, -0.05) is 6.42 Å². The van der Waals surface area contributed by atoms with E-state index in [2.05, 4.69) is 0 Å². The Morgan fingerprint density at radius 3 is 2.90 bits per heavy atom. The van der Waals surface area contributed by atoms with Gasteiger partial charge in [-0.15, -0.1) is 0 Å². The average Bonchev–Trinajstić information content (AvgIpc) is 2.11. The zero-order valence-electron chi connectivity index (χ0n) is 5.62. The summed E-state index contributed by atoms with van der Waals surface area (Å²) in [5.41, 5.74) is 0. The van der Waals surface area contributed by atoms with Crippen LogP contribution >= 0.6 is 0 Å². The molecule has 2 fully saturated rings. The fraction of sp³-hybridized carbons (Fsp3) is 0.857. The minimum absolute atomic E-state index is 0.279. The Morgan fingerprint density at radius 1 is 1.50 bits per heavy atom. The van der Waals surface area contributed by atoms with Crippen molar-refractivity contribution in [3.63, 3.8) is 0 Å². The van der Waals surface area contributed by atoms with Crippen LogP contribution in [0.3, 0.4) is 0 Å². The van der Waals surface area contributed by atoms with Gasteiger partial charge < -0.3 is 9.84 Å². The molecule has 3 atom stereocenters. The highest BCUT2D eigenvalue weighted by molar-refractivity contribution is 5.74. The molecule has 0 aromatic heterocycles. The number of aliphatic carboxylic acids is 1. The number of hydrogen-bond acceptors (Lipinski definition) is 2. The molecule has 1 saturated heterocycles. The molecule has 0 aromatic rings. The van der Waals surface area contributed by atoms with E-state index in [0.717, 1.165) is 19.3 Å². The van der Waals surface area contributed by atoms with Crippen LogP contribution in [-0.2, 0) is 9.53 Å². The summed E-state index contributed by atoms with van der Waals surface area (Å²) < 4.78 is 5.12. The normalized spacial score (nSPS) is 44.2. The molecule has 0 spiro atoms. The fourth-order valence-electron chi connectivity index (χ4n) is 1.91. The number of ether oxygens (including phenoxy) is 1. The number of carboxylic acid groups (broad SMARTS) is 1. The topological polar surface area (TPSA) is 46.5 Å². The Balaban J connectivity index is 2.00. The van der Waals surface area contributed by atoms with E-state index in [1.807, 2.05) is 0 Å². The lowest BCUT2D eigenvalue weighted by Gasteiger charge is -2.37. The third kappa shape index (κ3) is 0.669. The van der Waals surface area contributed by atoms with Gasteiger partial charge in [-0.3, -0.25) is 0 Å². The first-order valence-electron chi connectivity index (χ1n) is 3.67. The third-order valence-electron chi connectivity index (χ3n) is 2.46. The van der Waals surface area contributed by atoms with Gasteiger partial charge in [0, 0.05) is 5.92 Å². The lowest BCUT2D eigenvalue weighted by molar-refractivity contribution is -0.197. The number of fused-ring (bicyclic) bond motifs is 1. The van der Waals surface area contributed by atoms with Crippen LogP contribution in [0.5, 0.6) is 0 Å². The molecule has 1 aliphatic heterocycles. The third-order valence-corrected chi connectivity index (χ3v) is 2.46. The van der Waals surface area contributed by atoms with Crippen molar-refractivity contribution in [2.75, 3.05) is 0 Å². The molecule has 3 unspecified atom stereocenters. The molecule has 0 radical (unpaired) electrons. The first-order chi connectivity index (χ1) is 4.79. The number of hydrogen-bond donors (Lipinski definition) is 1. The van der Waals surface area contributed by atoms with Crippen LogP contribution in [0.1, 0.15) is 19.3 Å². The Bertz CT molecular complexity index is 166. The molecule has 56 valence electrons. The van der Waals surface area contributed by atoms with Crippen LogP contribution in [0, 0.1) is 5.92 Å². The molecule has 2 rings (SSSR count). The molecule has 1 heterocycles. The van der Waals surface area contributed by atoms with E-state index >= 15 is 0 Å². The molecule has 2 aliphatic rings. The average molecular weight is 142 g/mol. The molecule has 3 nitrogen and oxygen atoms in total. The van der Waals surface area contributed by atoms with Gasteiger partial charge in [0.25, 0.3) is 0 Å². The maximum absolute atomic E-state index is 10.4. The van der Waals surface area contributed by atoms with E-state index in [1.165, 1.54) is 0 Å². The van der Waals surface area contributed by atoms with Crippen molar-refractivity contribution in [1.29, 1.82) is 0 Å². The van der Waals surface area contributed by atoms with Gasteiger partial charge in [-0.2, -0.15) is 0 Å². The summed E-state index contributed by atoms with van der Waals surface area (Å²) in [7, 11) is 0. The molecular formula is C7H10O3. The van der Waals surface area contributed by atoms with E-state index in [1.54, 1.807) is 0 Å².